The molecule has 0 aromatic heterocycles. The SMILES string of the molecule is COC(=O)CC(c1ccc(OC)c(OC2CC3CCC2C3)c1)N1C(=O)c2cc3ccccc3cc2C1=O. The number of ether oxygens (including phenoxy) is 3. The smallest absolute Gasteiger partial charge is 0.307 e. The molecule has 6 rings (SSSR count). The lowest BCUT2D eigenvalue weighted by Crippen LogP contribution is -2.35. The van der Waals surface area contributed by atoms with Gasteiger partial charge in [0.2, 0.25) is 0 Å². The molecule has 190 valence electrons. The van der Waals surface area contributed by atoms with Crippen molar-refractivity contribution in [2.45, 2.75) is 44.2 Å². The summed E-state index contributed by atoms with van der Waals surface area (Å²) in [6, 6.07) is 15.6. The number of hydrogen-bond acceptors (Lipinski definition) is 6. The second-order valence-corrected chi connectivity index (χ2v) is 10.3. The van der Waals surface area contributed by atoms with E-state index in [-0.39, 0.29) is 12.5 Å². The van der Waals surface area contributed by atoms with Crippen LogP contribution in [0.4, 0.5) is 0 Å². The largest absolute Gasteiger partial charge is 0.493 e. The van der Waals surface area contributed by atoms with Crippen LogP contribution in [0.3, 0.4) is 0 Å². The molecule has 3 aromatic rings. The number of benzene rings is 3. The molecule has 7 heteroatoms. The van der Waals surface area contributed by atoms with Crippen LogP contribution < -0.4 is 9.47 Å². The van der Waals surface area contributed by atoms with E-state index >= 15 is 0 Å². The molecule has 4 unspecified atom stereocenters. The van der Waals surface area contributed by atoms with Gasteiger partial charge in [-0.15, -0.1) is 0 Å². The Morgan fingerprint density at radius 3 is 2.19 bits per heavy atom. The summed E-state index contributed by atoms with van der Waals surface area (Å²) in [6.07, 6.45) is 4.61. The topological polar surface area (TPSA) is 82.1 Å². The normalized spacial score (nSPS) is 22.9. The molecule has 1 heterocycles. The molecular formula is C30H29NO6. The van der Waals surface area contributed by atoms with Crippen molar-refractivity contribution in [3.05, 3.63) is 71.3 Å². The number of esters is 1. The second-order valence-electron chi connectivity index (χ2n) is 10.3. The van der Waals surface area contributed by atoms with Gasteiger partial charge in [-0.25, -0.2) is 0 Å². The summed E-state index contributed by atoms with van der Waals surface area (Å²) in [5, 5.41) is 1.75. The third kappa shape index (κ3) is 4.02. The molecule has 2 saturated carbocycles. The number of nitrogens with zero attached hydrogens (tertiary/aromatic N) is 1. The zero-order chi connectivity index (χ0) is 25.7. The average Bonchev–Trinajstić information content (AvgIpc) is 3.60. The summed E-state index contributed by atoms with van der Waals surface area (Å²) >= 11 is 0. The number of carbonyl (C=O) groups is 3. The Morgan fingerprint density at radius 2 is 1.62 bits per heavy atom. The average molecular weight is 500 g/mol. The van der Waals surface area contributed by atoms with Crippen LogP contribution in [0.25, 0.3) is 10.8 Å². The maximum atomic E-state index is 13.6. The number of rotatable bonds is 7. The predicted octanol–water partition coefficient (Wildman–Crippen LogP) is 5.32. The second kappa shape index (κ2) is 9.21. The van der Waals surface area contributed by atoms with Crippen LogP contribution in [0.2, 0.25) is 0 Å². The molecule has 2 bridgehead atoms. The van der Waals surface area contributed by atoms with E-state index < -0.39 is 23.8 Å². The summed E-state index contributed by atoms with van der Waals surface area (Å²) in [6.45, 7) is 0. The van der Waals surface area contributed by atoms with Gasteiger partial charge in [0.05, 0.1) is 37.8 Å². The van der Waals surface area contributed by atoms with Gasteiger partial charge in [0, 0.05) is 0 Å². The fourth-order valence-corrected chi connectivity index (χ4v) is 6.31. The minimum Gasteiger partial charge on any atom is -0.493 e. The van der Waals surface area contributed by atoms with Crippen molar-refractivity contribution >= 4 is 28.6 Å². The Morgan fingerprint density at radius 1 is 0.919 bits per heavy atom. The minimum absolute atomic E-state index is 0.119. The lowest BCUT2D eigenvalue weighted by Gasteiger charge is -2.28. The Labute approximate surface area is 215 Å². The maximum Gasteiger partial charge on any atom is 0.307 e. The van der Waals surface area contributed by atoms with Crippen molar-refractivity contribution in [1.29, 1.82) is 0 Å². The molecule has 3 aromatic carbocycles. The molecule has 2 aliphatic carbocycles. The van der Waals surface area contributed by atoms with Crippen molar-refractivity contribution < 1.29 is 28.6 Å². The molecule has 2 amide bonds. The van der Waals surface area contributed by atoms with Crippen LogP contribution in [-0.2, 0) is 9.53 Å². The standard InChI is InChI=1S/C30H29NO6/c1-35-25-10-9-20(15-27(25)37-26-12-17-7-8-21(26)11-17)24(16-28(32)36-2)31-29(33)22-13-18-5-3-4-6-19(18)14-23(22)30(31)34/h3-6,9-10,13-15,17,21,24,26H,7-8,11-12,16H2,1-2H3. The number of fused-ring (bicyclic) bond motifs is 4. The van der Waals surface area contributed by atoms with E-state index in [1.54, 1.807) is 37.4 Å². The number of imide groups is 1. The van der Waals surface area contributed by atoms with Gasteiger partial charge in [-0.1, -0.05) is 30.3 Å². The predicted molar refractivity (Wildman–Crippen MR) is 137 cm³/mol. The first-order chi connectivity index (χ1) is 18.0. The van der Waals surface area contributed by atoms with Gasteiger partial charge in [0.1, 0.15) is 6.10 Å². The third-order valence-corrected chi connectivity index (χ3v) is 8.21. The van der Waals surface area contributed by atoms with E-state index in [4.69, 9.17) is 14.2 Å². The minimum atomic E-state index is -0.851. The number of hydrogen-bond donors (Lipinski definition) is 0. The molecule has 1 aliphatic heterocycles. The third-order valence-electron chi connectivity index (χ3n) is 8.21. The molecule has 0 spiro atoms. The zero-order valence-electron chi connectivity index (χ0n) is 20.9. The van der Waals surface area contributed by atoms with E-state index in [2.05, 4.69) is 0 Å². The van der Waals surface area contributed by atoms with E-state index in [9.17, 15) is 14.4 Å². The van der Waals surface area contributed by atoms with Crippen molar-refractivity contribution in [3.8, 4) is 11.5 Å². The molecule has 0 N–H and O–H groups in total. The van der Waals surface area contributed by atoms with Crippen molar-refractivity contribution in [1.82, 2.24) is 4.90 Å². The first-order valence-corrected chi connectivity index (χ1v) is 12.8. The summed E-state index contributed by atoms with van der Waals surface area (Å²) in [4.78, 5) is 40.9. The maximum absolute atomic E-state index is 13.6. The van der Waals surface area contributed by atoms with Crippen LogP contribution in [0.15, 0.2) is 54.6 Å². The van der Waals surface area contributed by atoms with Gasteiger partial charge in [-0.2, -0.15) is 0 Å². The highest BCUT2D eigenvalue weighted by atomic mass is 16.5. The fourth-order valence-electron chi connectivity index (χ4n) is 6.31. The number of amides is 2. The monoisotopic (exact) mass is 499 g/mol. The Hall–Kier alpha value is -3.87. The quantitative estimate of drug-likeness (QED) is 0.323. The van der Waals surface area contributed by atoms with E-state index in [1.165, 1.54) is 31.3 Å². The van der Waals surface area contributed by atoms with Crippen LogP contribution in [0, 0.1) is 11.8 Å². The van der Waals surface area contributed by atoms with E-state index in [0.29, 0.717) is 40.0 Å². The summed E-state index contributed by atoms with van der Waals surface area (Å²) in [7, 11) is 2.88. The fraction of sp³-hybridized carbons (Fsp3) is 0.367. The first-order valence-electron chi connectivity index (χ1n) is 12.8. The van der Waals surface area contributed by atoms with E-state index in [1.807, 2.05) is 24.3 Å². The number of methoxy groups -OCH3 is 2. The summed E-state index contributed by atoms with van der Waals surface area (Å²) in [5.74, 6) is 1.03. The molecule has 37 heavy (non-hydrogen) atoms. The lowest BCUT2D eigenvalue weighted by molar-refractivity contribution is -0.141. The van der Waals surface area contributed by atoms with Gasteiger partial charge in [-0.05, 0) is 78.1 Å². The molecule has 2 fully saturated rings. The van der Waals surface area contributed by atoms with Crippen molar-refractivity contribution in [3.63, 3.8) is 0 Å². The molecule has 0 radical (unpaired) electrons. The molecule has 3 aliphatic rings. The lowest BCUT2D eigenvalue weighted by atomic mass is 9.97. The molecule has 4 atom stereocenters. The van der Waals surface area contributed by atoms with Gasteiger partial charge < -0.3 is 14.2 Å². The van der Waals surface area contributed by atoms with Crippen LogP contribution >= 0.6 is 0 Å². The van der Waals surface area contributed by atoms with Crippen LogP contribution in [0.5, 0.6) is 11.5 Å². The Balaban J connectivity index is 1.38. The molecule has 0 saturated heterocycles. The summed E-state index contributed by atoms with van der Waals surface area (Å²) < 4.78 is 17.0. The highest BCUT2D eigenvalue weighted by Gasteiger charge is 2.43. The highest BCUT2D eigenvalue weighted by molar-refractivity contribution is 6.23. The van der Waals surface area contributed by atoms with E-state index in [0.717, 1.165) is 17.2 Å². The van der Waals surface area contributed by atoms with Crippen LogP contribution in [0.1, 0.15) is 64.4 Å². The Kier molecular flexibility index (Phi) is 5.86. The number of carbonyl (C=O) groups excluding carboxylic acids is 3. The van der Waals surface area contributed by atoms with Crippen molar-refractivity contribution in [2.24, 2.45) is 11.8 Å². The first kappa shape index (κ1) is 23.5. The zero-order valence-corrected chi connectivity index (χ0v) is 20.9. The Bertz CT molecular complexity index is 1360. The van der Waals surface area contributed by atoms with Crippen LogP contribution in [-0.4, -0.2) is 43.0 Å². The molecule has 7 nitrogen and oxygen atoms in total. The molecular weight excluding hydrogens is 470 g/mol. The van der Waals surface area contributed by atoms with Crippen molar-refractivity contribution in [2.75, 3.05) is 14.2 Å². The van der Waals surface area contributed by atoms with Gasteiger partial charge in [-0.3, -0.25) is 19.3 Å². The van der Waals surface area contributed by atoms with Gasteiger partial charge in [0.25, 0.3) is 11.8 Å². The summed E-state index contributed by atoms with van der Waals surface area (Å²) in [5.41, 5.74) is 1.29. The van der Waals surface area contributed by atoms with Gasteiger partial charge in [0.15, 0.2) is 11.5 Å². The highest BCUT2D eigenvalue weighted by Crippen LogP contribution is 2.47. The van der Waals surface area contributed by atoms with Gasteiger partial charge >= 0.3 is 5.97 Å².